The van der Waals surface area contributed by atoms with Gasteiger partial charge in [0.05, 0.1) is 26.4 Å². The molecule has 0 amide bonds. The van der Waals surface area contributed by atoms with Gasteiger partial charge in [0.1, 0.15) is 50.8 Å². The summed E-state index contributed by atoms with van der Waals surface area (Å²) in [6.45, 7) is 7.06. The van der Waals surface area contributed by atoms with Crippen molar-refractivity contribution in [2.45, 2.75) is 360 Å². The molecule has 4 unspecified atom stereocenters. The first-order valence-electron chi connectivity index (χ1n) is 35.1. The molecule has 0 heterocycles. The van der Waals surface area contributed by atoms with Crippen molar-refractivity contribution in [3.8, 4) is 0 Å². The Morgan fingerprint density at radius 1 is 0.277 bits per heavy atom. The van der Waals surface area contributed by atoms with Crippen LogP contribution in [0.2, 0.25) is 0 Å². The summed E-state index contributed by atoms with van der Waals surface area (Å²) >= 11 is 0. The summed E-state index contributed by atoms with van der Waals surface area (Å²) < 4.78 is 41.2. The summed E-state index contributed by atoms with van der Waals surface area (Å²) in [4.78, 5) is 51.6. The third-order valence-electron chi connectivity index (χ3n) is 15.6. The average molecular weight is 1180 g/mol. The standard InChI is InChI=1S/C70H132O13/c1-5-9-13-17-20-23-26-29-30-33-36-39-40-44-48-52-68(74)80-58-64(56-72)78-60-66(62-82-70(76)54-50-46-42-38-35-32-28-25-22-19-15-11-7-3)83-65(59-77-63(55-71)57-79-67(73)51-47-43-16-12-8-4)61-81-69(75)53-49-45-41-37-34-31-27-24-21-18-14-10-6-2/h29-30,63-66,71-72H,5-28,31-62H2,1-4H3. The highest BCUT2D eigenvalue weighted by Gasteiger charge is 2.25. The summed E-state index contributed by atoms with van der Waals surface area (Å²) in [5.74, 6) is -1.44. The van der Waals surface area contributed by atoms with Crippen molar-refractivity contribution in [2.24, 2.45) is 0 Å². The van der Waals surface area contributed by atoms with E-state index in [9.17, 15) is 29.4 Å². The fourth-order valence-corrected chi connectivity index (χ4v) is 10.1. The van der Waals surface area contributed by atoms with E-state index in [2.05, 4.69) is 39.8 Å². The molecule has 0 spiro atoms. The van der Waals surface area contributed by atoms with Crippen LogP contribution >= 0.6 is 0 Å². The highest BCUT2D eigenvalue weighted by Crippen LogP contribution is 2.18. The zero-order valence-electron chi connectivity index (χ0n) is 54.4. The van der Waals surface area contributed by atoms with E-state index in [1.165, 1.54) is 161 Å². The Balaban J connectivity index is 5.56. The van der Waals surface area contributed by atoms with E-state index >= 15 is 0 Å². The molecule has 13 heteroatoms. The lowest BCUT2D eigenvalue weighted by Gasteiger charge is -2.27. The first kappa shape index (κ1) is 80.4. The van der Waals surface area contributed by atoms with Crippen LogP contribution < -0.4 is 0 Å². The molecule has 0 saturated heterocycles. The second-order valence-electron chi connectivity index (χ2n) is 23.9. The lowest BCUT2D eigenvalue weighted by molar-refractivity contribution is -0.175. The predicted octanol–water partition coefficient (Wildman–Crippen LogP) is 18.0. The topological polar surface area (TPSA) is 173 Å². The van der Waals surface area contributed by atoms with Gasteiger partial charge in [-0.2, -0.15) is 0 Å². The van der Waals surface area contributed by atoms with E-state index in [-0.39, 0.29) is 89.2 Å². The molecule has 13 nitrogen and oxygen atoms in total. The Labute approximate surface area is 509 Å². The molecule has 4 atom stereocenters. The Bertz CT molecular complexity index is 1430. The fraction of sp³-hybridized carbons (Fsp3) is 0.914. The Hall–Kier alpha value is -2.58. The van der Waals surface area contributed by atoms with Gasteiger partial charge in [-0.05, 0) is 51.4 Å². The minimum Gasteiger partial charge on any atom is -0.463 e. The van der Waals surface area contributed by atoms with Crippen LogP contribution in [0.3, 0.4) is 0 Å². The average Bonchev–Trinajstić information content (AvgIpc) is 3.52. The van der Waals surface area contributed by atoms with Gasteiger partial charge in [-0.1, -0.05) is 271 Å². The molecule has 0 aromatic heterocycles. The predicted molar refractivity (Wildman–Crippen MR) is 340 cm³/mol. The number of aliphatic hydroxyl groups is 2. The van der Waals surface area contributed by atoms with Crippen LogP contribution in [0.5, 0.6) is 0 Å². The Morgan fingerprint density at radius 3 is 0.711 bits per heavy atom. The lowest BCUT2D eigenvalue weighted by atomic mass is 10.0. The SMILES string of the molecule is CCCCCCCCC=CCCCCCCCC(=O)OCC(CO)OCC(COC(=O)CCCCCCCCCCCCCCC)OC(COC(=O)CCCCCCCCCCCCCCC)COC(CO)COC(=O)CCCCCCC. The minimum atomic E-state index is -0.891. The zero-order chi connectivity index (χ0) is 60.6. The number of hydrogen-bond acceptors (Lipinski definition) is 13. The number of aliphatic hydroxyl groups excluding tert-OH is 2. The largest absolute Gasteiger partial charge is 0.463 e. The zero-order valence-corrected chi connectivity index (χ0v) is 54.4. The molecule has 0 radical (unpaired) electrons. The van der Waals surface area contributed by atoms with Gasteiger partial charge in [0, 0.05) is 25.7 Å². The van der Waals surface area contributed by atoms with E-state index in [4.69, 9.17) is 33.2 Å². The van der Waals surface area contributed by atoms with Gasteiger partial charge in [0.15, 0.2) is 0 Å². The minimum absolute atomic E-state index is 0.146. The van der Waals surface area contributed by atoms with Crippen LogP contribution in [0.15, 0.2) is 12.2 Å². The molecule has 0 rings (SSSR count). The molecule has 83 heavy (non-hydrogen) atoms. The van der Waals surface area contributed by atoms with Crippen molar-refractivity contribution in [3.05, 3.63) is 12.2 Å². The van der Waals surface area contributed by atoms with E-state index in [1.807, 2.05) is 0 Å². The fourth-order valence-electron chi connectivity index (χ4n) is 10.1. The summed E-state index contributed by atoms with van der Waals surface area (Å²) in [6, 6.07) is 0. The van der Waals surface area contributed by atoms with Crippen molar-refractivity contribution in [3.63, 3.8) is 0 Å². The molecular weight excluding hydrogens is 1050 g/mol. The second-order valence-corrected chi connectivity index (χ2v) is 23.9. The van der Waals surface area contributed by atoms with Crippen molar-refractivity contribution in [1.82, 2.24) is 0 Å². The summed E-state index contributed by atoms with van der Waals surface area (Å²) in [7, 11) is 0. The highest BCUT2D eigenvalue weighted by molar-refractivity contribution is 5.70. The molecule has 0 bridgehead atoms. The molecular formula is C70H132O13. The number of ether oxygens (including phenoxy) is 7. The first-order chi connectivity index (χ1) is 40.7. The summed E-state index contributed by atoms with van der Waals surface area (Å²) in [6.07, 6.45) is 53.6. The summed E-state index contributed by atoms with van der Waals surface area (Å²) in [5.41, 5.74) is 0. The van der Waals surface area contributed by atoms with Gasteiger partial charge < -0.3 is 43.4 Å². The molecule has 0 saturated carbocycles. The number of unbranched alkanes of at least 4 members (excludes halogenated alkanes) is 39. The quantitative estimate of drug-likeness (QED) is 0.0255. The monoisotopic (exact) mass is 1180 g/mol. The lowest BCUT2D eigenvalue weighted by Crippen LogP contribution is -2.40. The Kier molecular flexibility index (Phi) is 63.4. The van der Waals surface area contributed by atoms with Crippen molar-refractivity contribution in [2.75, 3.05) is 52.9 Å². The maximum atomic E-state index is 13.1. The van der Waals surface area contributed by atoms with E-state index in [1.54, 1.807) is 0 Å². The number of allylic oxidation sites excluding steroid dienone is 2. The maximum absolute atomic E-state index is 13.1. The Morgan fingerprint density at radius 2 is 0.482 bits per heavy atom. The third-order valence-corrected chi connectivity index (χ3v) is 15.6. The number of carbonyl (C=O) groups excluding carboxylic acids is 4. The van der Waals surface area contributed by atoms with Gasteiger partial charge in [0.2, 0.25) is 0 Å². The number of esters is 4. The van der Waals surface area contributed by atoms with Crippen LogP contribution in [-0.2, 0) is 52.3 Å². The number of hydrogen-bond donors (Lipinski definition) is 2. The smallest absolute Gasteiger partial charge is 0.305 e. The van der Waals surface area contributed by atoms with Crippen molar-refractivity contribution < 1.29 is 62.5 Å². The van der Waals surface area contributed by atoms with E-state index in [0.29, 0.717) is 12.8 Å². The van der Waals surface area contributed by atoms with E-state index in [0.717, 1.165) is 109 Å². The molecule has 0 aliphatic heterocycles. The molecule has 490 valence electrons. The second kappa shape index (κ2) is 65.4. The van der Waals surface area contributed by atoms with Crippen LogP contribution in [-0.4, -0.2) is 111 Å². The maximum Gasteiger partial charge on any atom is 0.305 e. The van der Waals surface area contributed by atoms with Crippen molar-refractivity contribution >= 4 is 23.9 Å². The van der Waals surface area contributed by atoms with Gasteiger partial charge >= 0.3 is 23.9 Å². The molecule has 0 fully saturated rings. The number of rotatable bonds is 67. The van der Waals surface area contributed by atoms with Crippen molar-refractivity contribution in [1.29, 1.82) is 0 Å². The van der Waals surface area contributed by atoms with Gasteiger partial charge in [-0.3, -0.25) is 19.2 Å². The third kappa shape index (κ3) is 59.5. The van der Waals surface area contributed by atoms with Crippen LogP contribution in [0, 0.1) is 0 Å². The molecule has 0 aliphatic carbocycles. The molecule has 0 aromatic carbocycles. The summed E-state index contributed by atoms with van der Waals surface area (Å²) in [5, 5.41) is 20.6. The van der Waals surface area contributed by atoms with Crippen LogP contribution in [0.1, 0.15) is 336 Å². The normalized spacial score (nSPS) is 13.1. The van der Waals surface area contributed by atoms with Gasteiger partial charge in [-0.25, -0.2) is 0 Å². The molecule has 0 aliphatic rings. The highest BCUT2D eigenvalue weighted by atomic mass is 16.6. The first-order valence-corrected chi connectivity index (χ1v) is 35.1. The van der Waals surface area contributed by atoms with Gasteiger partial charge in [-0.15, -0.1) is 0 Å². The molecule has 2 N–H and O–H groups in total. The number of carbonyl (C=O) groups is 4. The van der Waals surface area contributed by atoms with Gasteiger partial charge in [0.25, 0.3) is 0 Å². The molecule has 0 aromatic rings. The van der Waals surface area contributed by atoms with Crippen LogP contribution in [0.25, 0.3) is 0 Å². The van der Waals surface area contributed by atoms with Crippen LogP contribution in [0.4, 0.5) is 0 Å². The van der Waals surface area contributed by atoms with E-state index < -0.39 is 37.6 Å².